The molecule has 0 spiro atoms. The van der Waals surface area contributed by atoms with Crippen LogP contribution in [0.25, 0.3) is 10.4 Å². The zero-order valence-corrected chi connectivity index (χ0v) is 10.5. The highest BCUT2D eigenvalue weighted by Gasteiger charge is 2.10. The van der Waals surface area contributed by atoms with Crippen molar-refractivity contribution in [2.45, 2.75) is 6.42 Å². The van der Waals surface area contributed by atoms with Gasteiger partial charge in [-0.05, 0) is 17.7 Å². The van der Waals surface area contributed by atoms with Gasteiger partial charge in [-0.3, -0.25) is 9.59 Å². The molecule has 0 saturated carbocycles. The second kappa shape index (κ2) is 8.19. The zero-order chi connectivity index (χ0) is 14.8. The van der Waals surface area contributed by atoms with Crippen molar-refractivity contribution in [2.75, 3.05) is 13.1 Å². The van der Waals surface area contributed by atoms with Crippen molar-refractivity contribution in [3.63, 3.8) is 0 Å². The van der Waals surface area contributed by atoms with Crippen molar-refractivity contribution in [1.29, 1.82) is 0 Å². The molecule has 0 aliphatic rings. The molecule has 0 saturated heterocycles. The summed E-state index contributed by atoms with van der Waals surface area (Å²) < 4.78 is 0. The number of aliphatic carboxylic acids is 1. The monoisotopic (exact) mass is 272 g/mol. The summed E-state index contributed by atoms with van der Waals surface area (Å²) in [7, 11) is 0. The minimum atomic E-state index is -1.11. The van der Waals surface area contributed by atoms with Gasteiger partial charge in [0.2, 0.25) is 0 Å². The maximum atomic E-state index is 11.8. The van der Waals surface area contributed by atoms with Gasteiger partial charge >= 0.3 is 5.97 Å². The molecule has 1 aromatic carbocycles. The van der Waals surface area contributed by atoms with Gasteiger partial charge in [-0.2, -0.15) is 0 Å². The van der Waals surface area contributed by atoms with Crippen LogP contribution in [0.4, 0.5) is 0 Å². The second-order valence-electron chi connectivity index (χ2n) is 3.63. The van der Waals surface area contributed by atoms with Crippen LogP contribution in [0.2, 0.25) is 0 Å². The van der Waals surface area contributed by atoms with E-state index in [-0.39, 0.29) is 6.54 Å². The Bertz CT molecular complexity index is 610. The fourth-order valence-corrected chi connectivity index (χ4v) is 1.35. The number of hydrogen-bond acceptors (Lipinski definition) is 3. The Hall–Kier alpha value is -2.97. The maximum absolute atomic E-state index is 11.8. The van der Waals surface area contributed by atoms with Gasteiger partial charge in [0.05, 0.1) is 5.56 Å². The van der Waals surface area contributed by atoms with E-state index < -0.39 is 18.4 Å². The number of carboxylic acids is 1. The fourth-order valence-electron chi connectivity index (χ4n) is 1.35. The summed E-state index contributed by atoms with van der Waals surface area (Å²) in [6, 6.07) is 6.62. The third kappa shape index (κ3) is 5.12. The van der Waals surface area contributed by atoms with Crippen LogP contribution in [0.3, 0.4) is 0 Å². The number of azide groups is 1. The van der Waals surface area contributed by atoms with E-state index in [9.17, 15) is 9.59 Å². The molecule has 1 amide bonds. The summed E-state index contributed by atoms with van der Waals surface area (Å²) in [5, 5.41) is 14.1. The average molecular weight is 272 g/mol. The first-order chi connectivity index (χ1) is 9.65. The third-order valence-electron chi connectivity index (χ3n) is 2.19. The third-order valence-corrected chi connectivity index (χ3v) is 2.19. The minimum absolute atomic E-state index is 0.261. The van der Waals surface area contributed by atoms with Gasteiger partial charge in [-0.15, -0.1) is 0 Å². The van der Waals surface area contributed by atoms with Crippen molar-refractivity contribution in [3.8, 4) is 11.8 Å². The second-order valence-corrected chi connectivity index (χ2v) is 3.63. The molecular formula is C13H12N4O3. The predicted molar refractivity (Wildman–Crippen MR) is 71.9 cm³/mol. The highest BCUT2D eigenvalue weighted by Crippen LogP contribution is 2.07. The minimum Gasteiger partial charge on any atom is -0.480 e. The number of carbonyl (C=O) groups excluding carboxylic acids is 1. The number of nitrogens with zero attached hydrogens (tertiary/aromatic N) is 3. The Kier molecular flexibility index (Phi) is 6.18. The lowest BCUT2D eigenvalue weighted by Gasteiger charge is -2.04. The largest absolute Gasteiger partial charge is 0.480 e. The van der Waals surface area contributed by atoms with E-state index in [1.54, 1.807) is 24.3 Å². The van der Waals surface area contributed by atoms with Gasteiger partial charge in [0, 0.05) is 23.4 Å². The van der Waals surface area contributed by atoms with Gasteiger partial charge in [-0.1, -0.05) is 29.1 Å². The molecule has 0 aliphatic heterocycles. The summed E-state index contributed by atoms with van der Waals surface area (Å²) >= 11 is 0. The van der Waals surface area contributed by atoms with Gasteiger partial charge in [-0.25, -0.2) is 0 Å². The molecule has 0 atom stereocenters. The maximum Gasteiger partial charge on any atom is 0.322 e. The van der Waals surface area contributed by atoms with Crippen LogP contribution in [0.1, 0.15) is 22.3 Å². The molecule has 1 aromatic rings. The molecule has 0 radical (unpaired) electrons. The number of rotatable bonds is 5. The summed E-state index contributed by atoms with van der Waals surface area (Å²) in [6.07, 6.45) is 0.384. The van der Waals surface area contributed by atoms with E-state index in [2.05, 4.69) is 27.2 Å². The van der Waals surface area contributed by atoms with E-state index in [4.69, 9.17) is 10.6 Å². The Labute approximate surface area is 115 Å². The molecule has 20 heavy (non-hydrogen) atoms. The molecule has 0 heterocycles. The number of amides is 1. The SMILES string of the molecule is [N-]=[N+]=NCCC#Cc1ccccc1C(=O)NCC(=O)O. The first-order valence-electron chi connectivity index (χ1n) is 5.74. The summed E-state index contributed by atoms with van der Waals surface area (Å²) in [6.45, 7) is -0.186. The number of carboxylic acid groups (broad SMARTS) is 1. The predicted octanol–water partition coefficient (Wildman–Crippen LogP) is 1.55. The van der Waals surface area contributed by atoms with E-state index in [1.165, 1.54) is 0 Å². The lowest BCUT2D eigenvalue weighted by molar-refractivity contribution is -0.135. The first kappa shape index (κ1) is 15.1. The van der Waals surface area contributed by atoms with Crippen LogP contribution in [0, 0.1) is 11.8 Å². The number of benzene rings is 1. The molecular weight excluding hydrogens is 260 g/mol. The summed E-state index contributed by atoms with van der Waals surface area (Å²) in [4.78, 5) is 24.8. The van der Waals surface area contributed by atoms with E-state index in [0.717, 1.165) is 0 Å². The summed E-state index contributed by atoms with van der Waals surface area (Å²) in [5.74, 6) is 3.98. The molecule has 7 heteroatoms. The van der Waals surface area contributed by atoms with E-state index >= 15 is 0 Å². The molecule has 0 aliphatic carbocycles. The Balaban J connectivity index is 2.79. The van der Waals surface area contributed by atoms with E-state index in [0.29, 0.717) is 17.5 Å². The first-order valence-corrected chi connectivity index (χ1v) is 5.74. The molecule has 0 unspecified atom stereocenters. The van der Waals surface area contributed by atoms with Crippen LogP contribution < -0.4 is 5.32 Å². The lowest BCUT2D eigenvalue weighted by atomic mass is 10.1. The molecule has 7 nitrogen and oxygen atoms in total. The standard InChI is InChI=1S/C13H12N4O3/c14-17-16-8-4-3-6-10-5-1-2-7-11(10)13(20)15-9-12(18)19/h1-2,5,7H,4,8-9H2,(H,15,20)(H,18,19). The average Bonchev–Trinajstić information content (AvgIpc) is 2.45. The van der Waals surface area contributed by atoms with Gasteiger partial charge in [0.25, 0.3) is 5.91 Å². The molecule has 0 bridgehead atoms. The van der Waals surface area contributed by atoms with Crippen LogP contribution in [-0.4, -0.2) is 30.1 Å². The summed E-state index contributed by atoms with van der Waals surface area (Å²) in [5.41, 5.74) is 8.92. The van der Waals surface area contributed by atoms with Gasteiger partial charge in [0.15, 0.2) is 0 Å². The normalized spacial score (nSPS) is 8.80. The molecule has 0 fully saturated rings. The molecule has 0 aromatic heterocycles. The number of hydrogen-bond donors (Lipinski definition) is 2. The van der Waals surface area contributed by atoms with Gasteiger partial charge in [0.1, 0.15) is 6.54 Å². The highest BCUT2D eigenvalue weighted by molar-refractivity contribution is 5.98. The van der Waals surface area contributed by atoms with Crippen molar-refractivity contribution < 1.29 is 14.7 Å². The molecule has 2 N–H and O–H groups in total. The van der Waals surface area contributed by atoms with Crippen LogP contribution in [0.5, 0.6) is 0 Å². The number of nitrogens with one attached hydrogen (secondary N) is 1. The van der Waals surface area contributed by atoms with Crippen molar-refractivity contribution in [2.24, 2.45) is 5.11 Å². The van der Waals surface area contributed by atoms with Crippen LogP contribution in [0.15, 0.2) is 29.4 Å². The highest BCUT2D eigenvalue weighted by atomic mass is 16.4. The van der Waals surface area contributed by atoms with Gasteiger partial charge < -0.3 is 10.4 Å². The van der Waals surface area contributed by atoms with E-state index in [1.807, 2.05) is 0 Å². The zero-order valence-electron chi connectivity index (χ0n) is 10.5. The van der Waals surface area contributed by atoms with Crippen LogP contribution >= 0.6 is 0 Å². The molecule has 102 valence electrons. The Morgan fingerprint density at radius 2 is 2.15 bits per heavy atom. The quantitative estimate of drug-likeness (QED) is 0.278. The Morgan fingerprint density at radius 3 is 2.85 bits per heavy atom. The number of carbonyl (C=O) groups is 2. The van der Waals surface area contributed by atoms with Crippen molar-refractivity contribution in [1.82, 2.24) is 5.32 Å². The van der Waals surface area contributed by atoms with Crippen molar-refractivity contribution >= 4 is 11.9 Å². The molecule has 1 rings (SSSR count). The fraction of sp³-hybridized carbons (Fsp3) is 0.231. The van der Waals surface area contributed by atoms with Crippen molar-refractivity contribution in [3.05, 3.63) is 45.8 Å². The smallest absolute Gasteiger partial charge is 0.322 e. The van der Waals surface area contributed by atoms with Crippen LogP contribution in [-0.2, 0) is 4.79 Å². The Morgan fingerprint density at radius 1 is 1.40 bits per heavy atom. The lowest BCUT2D eigenvalue weighted by Crippen LogP contribution is -2.29. The topological polar surface area (TPSA) is 115 Å².